The number of rotatable bonds is 5. The molecule has 0 spiro atoms. The Kier molecular flexibility index (Phi) is 11.6. The van der Waals surface area contributed by atoms with Gasteiger partial charge in [-0.05, 0) is 58.9 Å². The molecule has 202 valence electrons. The van der Waals surface area contributed by atoms with Gasteiger partial charge in [0.05, 0.1) is 0 Å². The van der Waals surface area contributed by atoms with Crippen molar-refractivity contribution in [3.63, 3.8) is 0 Å². The molecule has 4 aromatic carbocycles. The fourth-order valence-corrected chi connectivity index (χ4v) is 7.06. The third-order valence-electron chi connectivity index (χ3n) is 6.45. The van der Waals surface area contributed by atoms with Gasteiger partial charge in [0.15, 0.2) is 0 Å². The van der Waals surface area contributed by atoms with Crippen LogP contribution >= 0.6 is 24.9 Å². The summed E-state index contributed by atoms with van der Waals surface area (Å²) in [5.41, 5.74) is 3.63. The predicted octanol–water partition coefficient (Wildman–Crippen LogP) is 8.60. The number of para-hydroxylation sites is 1. The second-order valence-corrected chi connectivity index (χ2v) is 17.6. The van der Waals surface area contributed by atoms with E-state index in [1.54, 1.807) is 0 Å². The van der Waals surface area contributed by atoms with Crippen LogP contribution < -0.4 is 15.9 Å². The van der Waals surface area contributed by atoms with E-state index in [1.807, 2.05) is 12.3 Å². The molecule has 4 aromatic rings. The maximum atomic E-state index is 11.2. The number of phenols is 1. The first-order chi connectivity index (χ1) is 18.5. The molecule has 0 fully saturated rings. The van der Waals surface area contributed by atoms with Crippen LogP contribution in [0.1, 0.15) is 58.2 Å². The van der Waals surface area contributed by atoms with E-state index < -0.39 is 28.8 Å². The van der Waals surface area contributed by atoms with Crippen molar-refractivity contribution in [1.82, 2.24) is 0 Å². The van der Waals surface area contributed by atoms with Gasteiger partial charge in [0.2, 0.25) is 0 Å². The number of aliphatic imine (C=N–C) groups is 1. The molecule has 0 heterocycles. The number of halogens is 2. The number of nitrogens with zero attached hydrogens (tertiary/aromatic N) is 1. The van der Waals surface area contributed by atoms with Crippen molar-refractivity contribution >= 4 is 52.8 Å². The zero-order valence-corrected chi connectivity index (χ0v) is 28.4. The summed E-state index contributed by atoms with van der Waals surface area (Å²) in [7, 11) is 8.61. The Hall–Kier alpha value is -1.76. The minimum atomic E-state index is -1.26. The first-order valence-corrected chi connectivity index (χ1v) is 20.8. The summed E-state index contributed by atoms with van der Waals surface area (Å²) in [4.78, 5) is 5.00. The van der Waals surface area contributed by atoms with Gasteiger partial charge >= 0.3 is 37.9 Å². The molecule has 0 saturated heterocycles. The Balaban J connectivity index is 0.00000134. The van der Waals surface area contributed by atoms with Crippen LogP contribution in [0.2, 0.25) is 0 Å². The van der Waals surface area contributed by atoms with E-state index in [0.717, 1.165) is 16.8 Å². The molecule has 0 aliphatic rings. The van der Waals surface area contributed by atoms with Crippen LogP contribution in [0.5, 0.6) is 5.75 Å². The van der Waals surface area contributed by atoms with Gasteiger partial charge in [-0.2, -0.15) is 0 Å². The van der Waals surface area contributed by atoms with Crippen molar-refractivity contribution in [2.75, 3.05) is 0 Å². The standard InChI is InChI=1S/C33H36NOP.2ClH.Zr/c1-32(2,3)25-21-24(31(35)28(22-25)33(4,5)6)23-34-29-19-13-14-20-30(29)36(26-15-9-7-10-16-26)27-17-11-8-12-18-27;;;/h7-23,35H,1-6H3;2*1H;/q;;;+2/p-1. The van der Waals surface area contributed by atoms with E-state index in [0.29, 0.717) is 5.75 Å². The van der Waals surface area contributed by atoms with Gasteiger partial charge in [-0.1, -0.05) is 96.1 Å². The molecule has 0 radical (unpaired) electrons. The van der Waals surface area contributed by atoms with Crippen molar-refractivity contribution in [2.45, 2.75) is 52.4 Å². The molecule has 6 heteroatoms. The van der Waals surface area contributed by atoms with Crippen LogP contribution in [0, 0.1) is 0 Å². The second-order valence-electron chi connectivity index (χ2n) is 11.4. The van der Waals surface area contributed by atoms with Gasteiger partial charge < -0.3 is 5.11 Å². The molecule has 0 saturated carbocycles. The summed E-state index contributed by atoms with van der Waals surface area (Å²) in [6.45, 7) is 13.0. The van der Waals surface area contributed by atoms with E-state index in [1.165, 1.54) is 21.5 Å². The van der Waals surface area contributed by atoms with Crippen molar-refractivity contribution in [3.05, 3.63) is 114 Å². The van der Waals surface area contributed by atoms with E-state index >= 15 is 0 Å². The SMILES string of the molecule is CC(C)(C)c1cc(C=Nc2ccccc2[PH+](c2ccccc2)c2ccccc2)c(O)c(C(C)(C)C)c1.[Cl][Zr][Cl]. The van der Waals surface area contributed by atoms with Crippen molar-refractivity contribution < 1.29 is 26.0 Å². The average molecular weight is 657 g/mol. The molecule has 39 heavy (non-hydrogen) atoms. The van der Waals surface area contributed by atoms with Crippen LogP contribution in [0.3, 0.4) is 0 Å². The summed E-state index contributed by atoms with van der Waals surface area (Å²) < 4.78 is 0. The molecular formula is C33H37Cl2NOPZr+. The first-order valence-electron chi connectivity index (χ1n) is 12.9. The first kappa shape index (κ1) is 31.8. The molecule has 0 atom stereocenters. The Morgan fingerprint density at radius 1 is 0.718 bits per heavy atom. The molecule has 0 aliphatic carbocycles. The van der Waals surface area contributed by atoms with Crippen LogP contribution in [0.25, 0.3) is 0 Å². The maximum absolute atomic E-state index is 11.2. The molecule has 1 N–H and O–H groups in total. The minimum absolute atomic E-state index is 0.0367. The van der Waals surface area contributed by atoms with Crippen molar-refractivity contribution in [1.29, 1.82) is 0 Å². The fourth-order valence-electron chi connectivity index (χ4n) is 4.38. The summed E-state index contributed by atoms with van der Waals surface area (Å²) in [6, 6.07) is 34.1. The van der Waals surface area contributed by atoms with Crippen molar-refractivity contribution in [2.24, 2.45) is 4.99 Å². The monoisotopic (exact) mass is 654 g/mol. The number of phenolic OH excluding ortho intramolecular Hbond substituents is 1. The number of benzene rings is 4. The quantitative estimate of drug-likeness (QED) is 0.169. The zero-order valence-electron chi connectivity index (χ0n) is 23.5. The summed E-state index contributed by atoms with van der Waals surface area (Å²) in [6.07, 6.45) is 1.84. The molecular weight excluding hydrogens is 619 g/mol. The normalized spacial score (nSPS) is 11.8. The van der Waals surface area contributed by atoms with Crippen molar-refractivity contribution in [3.8, 4) is 5.75 Å². The number of hydrogen-bond donors (Lipinski definition) is 1. The van der Waals surface area contributed by atoms with Gasteiger partial charge in [-0.3, -0.25) is 4.99 Å². The molecule has 0 unspecified atom stereocenters. The predicted molar refractivity (Wildman–Crippen MR) is 171 cm³/mol. The zero-order chi connectivity index (χ0) is 28.6. The molecule has 0 bridgehead atoms. The Labute approximate surface area is 253 Å². The van der Waals surface area contributed by atoms with Crippen LogP contribution in [-0.4, -0.2) is 11.3 Å². The fraction of sp³-hybridized carbons (Fsp3) is 0.242. The average Bonchev–Trinajstić information content (AvgIpc) is 2.89. The van der Waals surface area contributed by atoms with Gasteiger partial charge in [-0.25, -0.2) is 0 Å². The van der Waals surface area contributed by atoms with E-state index in [4.69, 9.17) is 22.0 Å². The topological polar surface area (TPSA) is 32.6 Å². The summed E-state index contributed by atoms with van der Waals surface area (Å²) in [5.74, 6) is 0.313. The molecule has 0 amide bonds. The Bertz CT molecular complexity index is 1340. The molecule has 0 aromatic heterocycles. The summed E-state index contributed by atoms with van der Waals surface area (Å²) >= 11 is -0.826. The van der Waals surface area contributed by atoms with Gasteiger partial charge in [0.25, 0.3) is 0 Å². The third kappa shape index (κ3) is 8.61. The number of aromatic hydroxyl groups is 1. The number of hydrogen-bond acceptors (Lipinski definition) is 2. The van der Waals surface area contributed by atoms with E-state index in [9.17, 15) is 5.11 Å². The van der Waals surface area contributed by atoms with Crippen LogP contribution in [0.15, 0.2) is 102 Å². The van der Waals surface area contributed by atoms with Gasteiger partial charge in [0.1, 0.15) is 35.3 Å². The molecule has 0 aliphatic heterocycles. The Morgan fingerprint density at radius 2 is 1.21 bits per heavy atom. The van der Waals surface area contributed by atoms with Gasteiger partial charge in [0, 0.05) is 17.3 Å². The van der Waals surface area contributed by atoms with Crippen LogP contribution in [0.4, 0.5) is 5.69 Å². The Morgan fingerprint density at radius 3 is 1.69 bits per heavy atom. The molecule has 4 rings (SSSR count). The van der Waals surface area contributed by atoms with E-state index in [-0.39, 0.29) is 10.8 Å². The van der Waals surface area contributed by atoms with Gasteiger partial charge in [-0.15, -0.1) is 0 Å². The summed E-state index contributed by atoms with van der Waals surface area (Å²) in [5, 5.41) is 15.1. The third-order valence-corrected chi connectivity index (χ3v) is 9.24. The molecule has 2 nitrogen and oxygen atoms in total. The van der Waals surface area contributed by atoms with E-state index in [2.05, 4.69) is 133 Å². The second kappa shape index (κ2) is 14.2. The van der Waals surface area contributed by atoms with Crippen LogP contribution in [-0.2, 0) is 31.7 Å².